The molecular formula is C22H16BrNS2. The number of thiophene rings is 2. The van der Waals surface area contributed by atoms with Gasteiger partial charge in [-0.05, 0) is 58.3 Å². The highest BCUT2D eigenvalue weighted by Crippen LogP contribution is 2.36. The van der Waals surface area contributed by atoms with Gasteiger partial charge in [0.05, 0.1) is 0 Å². The SMILES string of the molecule is BrCCn1c2ccc(-c3cccs3)cc2c2cc(-c3cccs3)ccc21. The number of fused-ring (bicyclic) bond motifs is 3. The maximum Gasteiger partial charge on any atom is 0.0492 e. The lowest BCUT2D eigenvalue weighted by Crippen LogP contribution is -1.97. The van der Waals surface area contributed by atoms with Crippen LogP contribution in [-0.2, 0) is 6.54 Å². The van der Waals surface area contributed by atoms with E-state index in [9.17, 15) is 0 Å². The topological polar surface area (TPSA) is 4.93 Å². The molecule has 0 amide bonds. The molecule has 3 aromatic heterocycles. The highest BCUT2D eigenvalue weighted by atomic mass is 79.9. The molecular weight excluding hydrogens is 422 g/mol. The maximum absolute atomic E-state index is 3.62. The van der Waals surface area contributed by atoms with Crippen molar-refractivity contribution in [2.75, 3.05) is 5.33 Å². The number of nitrogens with zero attached hydrogens (tertiary/aromatic N) is 1. The lowest BCUT2D eigenvalue weighted by molar-refractivity contribution is 0.843. The van der Waals surface area contributed by atoms with Gasteiger partial charge in [-0.15, -0.1) is 22.7 Å². The third-order valence-corrected chi connectivity index (χ3v) is 6.98. The summed E-state index contributed by atoms with van der Waals surface area (Å²) in [5.74, 6) is 0. The van der Waals surface area contributed by atoms with Gasteiger partial charge in [-0.1, -0.05) is 40.2 Å². The number of aryl methyl sites for hydroxylation is 1. The Morgan fingerprint density at radius 3 is 1.69 bits per heavy atom. The molecule has 0 saturated heterocycles. The smallest absolute Gasteiger partial charge is 0.0492 e. The minimum Gasteiger partial charge on any atom is -0.340 e. The molecule has 1 nitrogen and oxygen atoms in total. The van der Waals surface area contributed by atoms with Crippen molar-refractivity contribution in [3.63, 3.8) is 0 Å². The van der Waals surface area contributed by atoms with Crippen LogP contribution in [0.15, 0.2) is 71.4 Å². The molecule has 0 atom stereocenters. The van der Waals surface area contributed by atoms with Gasteiger partial charge in [-0.3, -0.25) is 0 Å². The number of rotatable bonds is 4. The molecule has 0 aliphatic heterocycles. The fourth-order valence-electron chi connectivity index (χ4n) is 3.62. The van der Waals surface area contributed by atoms with Crippen LogP contribution in [-0.4, -0.2) is 9.90 Å². The Hall–Kier alpha value is -1.88. The number of alkyl halides is 1. The lowest BCUT2D eigenvalue weighted by atomic mass is 10.1. The summed E-state index contributed by atoms with van der Waals surface area (Å²) in [6.07, 6.45) is 0. The molecule has 128 valence electrons. The number of hydrogen-bond acceptors (Lipinski definition) is 2. The van der Waals surface area contributed by atoms with Crippen molar-refractivity contribution in [2.24, 2.45) is 0 Å². The molecule has 0 aliphatic carbocycles. The van der Waals surface area contributed by atoms with Crippen LogP contribution in [0.4, 0.5) is 0 Å². The van der Waals surface area contributed by atoms with Crippen molar-refractivity contribution >= 4 is 60.4 Å². The third-order valence-electron chi connectivity index (χ3n) is 4.78. The van der Waals surface area contributed by atoms with E-state index in [4.69, 9.17) is 0 Å². The average molecular weight is 438 g/mol. The van der Waals surface area contributed by atoms with E-state index in [1.807, 2.05) is 0 Å². The van der Waals surface area contributed by atoms with Gasteiger partial charge in [0.15, 0.2) is 0 Å². The molecule has 26 heavy (non-hydrogen) atoms. The van der Waals surface area contributed by atoms with Crippen LogP contribution < -0.4 is 0 Å². The third kappa shape index (κ3) is 2.64. The summed E-state index contributed by atoms with van der Waals surface area (Å²) in [6.45, 7) is 0.969. The Kier molecular flexibility index (Phi) is 4.20. The predicted octanol–water partition coefficient (Wildman–Crippen LogP) is 7.65. The molecule has 5 aromatic rings. The van der Waals surface area contributed by atoms with Gasteiger partial charge >= 0.3 is 0 Å². The summed E-state index contributed by atoms with van der Waals surface area (Å²) >= 11 is 7.21. The fourth-order valence-corrected chi connectivity index (χ4v) is 5.42. The molecule has 5 rings (SSSR count). The summed E-state index contributed by atoms with van der Waals surface area (Å²) in [5.41, 5.74) is 5.21. The minimum absolute atomic E-state index is 0.950. The van der Waals surface area contributed by atoms with Crippen LogP contribution in [0.25, 0.3) is 42.7 Å². The molecule has 0 spiro atoms. The number of halogens is 1. The van der Waals surface area contributed by atoms with Crippen molar-refractivity contribution in [3.8, 4) is 20.9 Å². The van der Waals surface area contributed by atoms with E-state index in [1.54, 1.807) is 22.7 Å². The largest absolute Gasteiger partial charge is 0.340 e. The minimum atomic E-state index is 0.950. The van der Waals surface area contributed by atoms with Crippen LogP contribution >= 0.6 is 38.6 Å². The monoisotopic (exact) mass is 437 g/mol. The molecule has 0 radical (unpaired) electrons. The second-order valence-corrected chi connectivity index (χ2v) is 8.95. The Morgan fingerprint density at radius 2 is 1.27 bits per heavy atom. The van der Waals surface area contributed by atoms with E-state index >= 15 is 0 Å². The molecule has 0 saturated carbocycles. The fraction of sp³-hybridized carbons (Fsp3) is 0.0909. The van der Waals surface area contributed by atoms with Gasteiger partial charge < -0.3 is 4.57 Å². The van der Waals surface area contributed by atoms with Crippen molar-refractivity contribution in [2.45, 2.75) is 6.54 Å². The van der Waals surface area contributed by atoms with Crippen LogP contribution in [0.2, 0.25) is 0 Å². The maximum atomic E-state index is 3.62. The molecule has 0 N–H and O–H groups in total. The zero-order valence-corrected chi connectivity index (χ0v) is 17.2. The quantitative estimate of drug-likeness (QED) is 0.254. The van der Waals surface area contributed by atoms with E-state index in [1.165, 1.54) is 42.7 Å². The highest BCUT2D eigenvalue weighted by molar-refractivity contribution is 9.09. The van der Waals surface area contributed by atoms with Gasteiger partial charge in [-0.2, -0.15) is 0 Å². The summed E-state index contributed by atoms with van der Waals surface area (Å²) < 4.78 is 2.43. The molecule has 2 aromatic carbocycles. The first-order valence-electron chi connectivity index (χ1n) is 8.55. The van der Waals surface area contributed by atoms with Gasteiger partial charge in [0, 0.05) is 43.4 Å². The lowest BCUT2D eigenvalue weighted by Gasteiger charge is -2.05. The first-order chi connectivity index (χ1) is 12.8. The number of benzene rings is 2. The summed E-state index contributed by atoms with van der Waals surface area (Å²) in [6, 6.07) is 22.4. The molecule has 0 bridgehead atoms. The standard InChI is InChI=1S/C22H16BrNS2/c23-9-10-24-19-7-5-15(21-3-1-11-25-21)13-17(19)18-14-16(6-8-20(18)24)22-4-2-12-26-22/h1-8,11-14H,9-10H2. The molecule has 3 heterocycles. The Labute approximate surface area is 168 Å². The van der Waals surface area contributed by atoms with Gasteiger partial charge in [0.2, 0.25) is 0 Å². The second-order valence-electron chi connectivity index (χ2n) is 6.26. The first kappa shape index (κ1) is 16.3. The zero-order valence-electron chi connectivity index (χ0n) is 14.0. The van der Waals surface area contributed by atoms with E-state index < -0.39 is 0 Å². The van der Waals surface area contributed by atoms with Crippen LogP contribution in [0.3, 0.4) is 0 Å². The van der Waals surface area contributed by atoms with E-state index in [0.29, 0.717) is 0 Å². The Bertz CT molecular complexity index is 1090. The van der Waals surface area contributed by atoms with E-state index in [0.717, 1.165) is 11.9 Å². The number of aromatic nitrogens is 1. The van der Waals surface area contributed by atoms with Crippen LogP contribution in [0, 0.1) is 0 Å². The van der Waals surface area contributed by atoms with Crippen LogP contribution in [0.1, 0.15) is 0 Å². The second kappa shape index (κ2) is 6.69. The molecule has 0 aliphatic rings. The van der Waals surface area contributed by atoms with Gasteiger partial charge in [-0.25, -0.2) is 0 Å². The van der Waals surface area contributed by atoms with Crippen molar-refractivity contribution in [3.05, 3.63) is 71.4 Å². The van der Waals surface area contributed by atoms with Gasteiger partial charge in [0.25, 0.3) is 0 Å². The Morgan fingerprint density at radius 1 is 0.731 bits per heavy atom. The molecule has 4 heteroatoms. The number of hydrogen-bond donors (Lipinski definition) is 0. The average Bonchev–Trinajstić information content (AvgIpc) is 3.43. The van der Waals surface area contributed by atoms with Crippen LogP contribution in [0.5, 0.6) is 0 Å². The summed E-state index contributed by atoms with van der Waals surface area (Å²) in [4.78, 5) is 2.64. The molecule has 0 fully saturated rings. The zero-order chi connectivity index (χ0) is 17.5. The first-order valence-corrected chi connectivity index (χ1v) is 11.4. The highest BCUT2D eigenvalue weighted by Gasteiger charge is 2.13. The normalized spacial score (nSPS) is 11.6. The predicted molar refractivity (Wildman–Crippen MR) is 120 cm³/mol. The summed E-state index contributed by atoms with van der Waals surface area (Å²) in [5, 5.41) is 7.91. The van der Waals surface area contributed by atoms with Crippen molar-refractivity contribution in [1.29, 1.82) is 0 Å². The summed E-state index contributed by atoms with van der Waals surface area (Å²) in [7, 11) is 0. The molecule has 0 unspecified atom stereocenters. The van der Waals surface area contributed by atoms with Gasteiger partial charge in [0.1, 0.15) is 0 Å². The van der Waals surface area contributed by atoms with E-state index in [-0.39, 0.29) is 0 Å². The Balaban J connectivity index is 1.81. The van der Waals surface area contributed by atoms with E-state index in [2.05, 4.69) is 91.9 Å². The van der Waals surface area contributed by atoms with Crippen molar-refractivity contribution < 1.29 is 0 Å². The van der Waals surface area contributed by atoms with Crippen molar-refractivity contribution in [1.82, 2.24) is 4.57 Å².